The largest absolute Gasteiger partial charge is 0.369 e. The van der Waals surface area contributed by atoms with Gasteiger partial charge >= 0.3 is 0 Å². The van der Waals surface area contributed by atoms with E-state index >= 15 is 0 Å². The number of hydrogen-bond donors (Lipinski definition) is 0. The van der Waals surface area contributed by atoms with Crippen LogP contribution >= 0.6 is 0 Å². The summed E-state index contributed by atoms with van der Waals surface area (Å²) < 4.78 is 5.62. The minimum Gasteiger partial charge on any atom is -0.369 e. The van der Waals surface area contributed by atoms with Crippen molar-refractivity contribution in [2.45, 2.75) is 45.8 Å². The molecule has 0 heterocycles. The first-order valence-electron chi connectivity index (χ1n) is 3.83. The molecule has 1 heteroatoms. The van der Waals surface area contributed by atoms with Crippen LogP contribution in [0.5, 0.6) is 0 Å². The second-order valence-electron chi connectivity index (χ2n) is 3.14. The highest BCUT2D eigenvalue weighted by Crippen LogP contribution is 2.14. The molecule has 0 N–H and O–H groups in total. The van der Waals surface area contributed by atoms with Crippen LogP contribution in [0.1, 0.15) is 34.1 Å². The van der Waals surface area contributed by atoms with Gasteiger partial charge < -0.3 is 4.74 Å². The van der Waals surface area contributed by atoms with E-state index in [1.54, 1.807) is 0 Å². The van der Waals surface area contributed by atoms with E-state index in [-0.39, 0.29) is 5.60 Å². The molecule has 0 aromatic heterocycles. The summed E-state index contributed by atoms with van der Waals surface area (Å²) in [5, 5.41) is 0. The fourth-order valence-electron chi connectivity index (χ4n) is 0.650. The number of rotatable bonds is 4. The van der Waals surface area contributed by atoms with Crippen molar-refractivity contribution < 1.29 is 4.74 Å². The Labute approximate surface area is 64.1 Å². The van der Waals surface area contributed by atoms with Crippen LogP contribution < -0.4 is 0 Å². The van der Waals surface area contributed by atoms with Crippen molar-refractivity contribution in [3.05, 3.63) is 12.7 Å². The first-order valence-corrected chi connectivity index (χ1v) is 3.83. The molecule has 10 heavy (non-hydrogen) atoms. The minimum absolute atomic E-state index is 0.171. The summed E-state index contributed by atoms with van der Waals surface area (Å²) in [5.41, 5.74) is -0.171. The molecule has 0 saturated heterocycles. The Hall–Kier alpha value is -0.300. The molecule has 1 atom stereocenters. The maximum Gasteiger partial charge on any atom is 0.0807 e. The van der Waals surface area contributed by atoms with Gasteiger partial charge in [0.1, 0.15) is 0 Å². The third-order valence-electron chi connectivity index (χ3n) is 1.57. The van der Waals surface area contributed by atoms with Crippen molar-refractivity contribution in [2.75, 3.05) is 0 Å². The summed E-state index contributed by atoms with van der Waals surface area (Å²) >= 11 is 0. The molecular weight excluding hydrogens is 124 g/mol. The zero-order valence-corrected chi connectivity index (χ0v) is 7.48. The fourth-order valence-corrected chi connectivity index (χ4v) is 0.650. The molecule has 1 nitrogen and oxygen atoms in total. The predicted molar refractivity (Wildman–Crippen MR) is 45.1 cm³/mol. The second-order valence-corrected chi connectivity index (χ2v) is 3.14. The average molecular weight is 142 g/mol. The molecule has 1 unspecified atom stereocenters. The molecular formula is C9H18O. The molecule has 0 aliphatic heterocycles. The van der Waals surface area contributed by atoms with Gasteiger partial charge in [-0.3, -0.25) is 0 Å². The summed E-state index contributed by atoms with van der Waals surface area (Å²) in [6.07, 6.45) is 3.21. The molecule has 60 valence electrons. The lowest BCUT2D eigenvalue weighted by atomic mass is 10.1. The maximum absolute atomic E-state index is 5.62. The number of ether oxygens (including phenoxy) is 1. The number of hydrogen-bond acceptors (Lipinski definition) is 1. The van der Waals surface area contributed by atoms with E-state index in [1.165, 1.54) is 0 Å². The molecule has 0 radical (unpaired) electrons. The van der Waals surface area contributed by atoms with Gasteiger partial charge in [-0.15, -0.1) is 6.58 Å². The highest BCUT2D eigenvalue weighted by molar-refractivity contribution is 4.89. The second kappa shape index (κ2) is 3.77. The van der Waals surface area contributed by atoms with E-state index in [0.717, 1.165) is 6.42 Å². The van der Waals surface area contributed by atoms with Gasteiger partial charge in [0.05, 0.1) is 11.7 Å². The van der Waals surface area contributed by atoms with Gasteiger partial charge in [-0.1, -0.05) is 13.0 Å². The van der Waals surface area contributed by atoms with Crippen LogP contribution in [-0.4, -0.2) is 11.7 Å². The van der Waals surface area contributed by atoms with Gasteiger partial charge in [-0.2, -0.15) is 0 Å². The molecule has 0 aliphatic rings. The summed E-state index contributed by atoms with van der Waals surface area (Å²) in [6, 6.07) is 0. The first-order chi connectivity index (χ1) is 4.52. The molecule has 0 saturated carbocycles. The van der Waals surface area contributed by atoms with Crippen molar-refractivity contribution in [1.29, 1.82) is 0 Å². The molecule has 0 aromatic carbocycles. The summed E-state index contributed by atoms with van der Waals surface area (Å²) in [6.45, 7) is 11.9. The zero-order chi connectivity index (χ0) is 8.20. The standard InChI is InChI=1S/C9H18O/c1-6-8(3)10-9(4,5)7-2/h7-8H,2,6H2,1,3-5H3. The average Bonchev–Trinajstić information content (AvgIpc) is 1.87. The molecule has 0 bridgehead atoms. The Morgan fingerprint density at radius 2 is 2.10 bits per heavy atom. The quantitative estimate of drug-likeness (QED) is 0.548. The van der Waals surface area contributed by atoms with E-state index in [4.69, 9.17) is 4.74 Å². The predicted octanol–water partition coefficient (Wildman–Crippen LogP) is 2.77. The van der Waals surface area contributed by atoms with Gasteiger partial charge in [0.15, 0.2) is 0 Å². The zero-order valence-electron chi connectivity index (χ0n) is 7.48. The summed E-state index contributed by atoms with van der Waals surface area (Å²) in [4.78, 5) is 0. The van der Waals surface area contributed by atoms with Crippen molar-refractivity contribution in [3.63, 3.8) is 0 Å². The lowest BCUT2D eigenvalue weighted by molar-refractivity contribution is -0.0329. The van der Waals surface area contributed by atoms with Gasteiger partial charge in [0.2, 0.25) is 0 Å². The lowest BCUT2D eigenvalue weighted by Crippen LogP contribution is -2.26. The highest BCUT2D eigenvalue weighted by atomic mass is 16.5. The Morgan fingerprint density at radius 3 is 2.40 bits per heavy atom. The molecule has 0 rings (SSSR count). The van der Waals surface area contributed by atoms with Crippen LogP contribution in [0.15, 0.2) is 12.7 Å². The van der Waals surface area contributed by atoms with E-state index in [1.807, 2.05) is 19.9 Å². The van der Waals surface area contributed by atoms with Gasteiger partial charge in [-0.05, 0) is 27.2 Å². The topological polar surface area (TPSA) is 9.23 Å². The Morgan fingerprint density at radius 1 is 1.60 bits per heavy atom. The van der Waals surface area contributed by atoms with Crippen LogP contribution in [0.25, 0.3) is 0 Å². The molecule has 0 aliphatic carbocycles. The van der Waals surface area contributed by atoms with Crippen molar-refractivity contribution in [1.82, 2.24) is 0 Å². The smallest absolute Gasteiger partial charge is 0.0807 e. The minimum atomic E-state index is -0.171. The maximum atomic E-state index is 5.62. The van der Waals surface area contributed by atoms with Crippen LogP contribution in [-0.2, 0) is 4.74 Å². The van der Waals surface area contributed by atoms with E-state index < -0.39 is 0 Å². The van der Waals surface area contributed by atoms with Crippen LogP contribution in [0, 0.1) is 0 Å². The monoisotopic (exact) mass is 142 g/mol. The Kier molecular flexibility index (Phi) is 3.66. The van der Waals surface area contributed by atoms with Crippen molar-refractivity contribution in [3.8, 4) is 0 Å². The fraction of sp³-hybridized carbons (Fsp3) is 0.778. The van der Waals surface area contributed by atoms with E-state index in [9.17, 15) is 0 Å². The van der Waals surface area contributed by atoms with Gasteiger partial charge in [0, 0.05) is 0 Å². The molecule has 0 amide bonds. The van der Waals surface area contributed by atoms with Crippen molar-refractivity contribution in [2.24, 2.45) is 0 Å². The van der Waals surface area contributed by atoms with Gasteiger partial charge in [-0.25, -0.2) is 0 Å². The molecule has 0 fully saturated rings. The molecule has 0 aromatic rings. The molecule has 0 spiro atoms. The van der Waals surface area contributed by atoms with E-state index in [0.29, 0.717) is 6.10 Å². The van der Waals surface area contributed by atoms with Crippen LogP contribution in [0.4, 0.5) is 0 Å². The van der Waals surface area contributed by atoms with Crippen LogP contribution in [0.2, 0.25) is 0 Å². The van der Waals surface area contributed by atoms with E-state index in [2.05, 4.69) is 20.4 Å². The lowest BCUT2D eigenvalue weighted by Gasteiger charge is -2.24. The van der Waals surface area contributed by atoms with Crippen molar-refractivity contribution >= 4 is 0 Å². The Balaban J connectivity index is 3.75. The SMILES string of the molecule is C=CC(C)(C)OC(C)CC. The normalized spacial score (nSPS) is 14.8. The Bertz CT molecular complexity index is 105. The third-order valence-corrected chi connectivity index (χ3v) is 1.57. The summed E-state index contributed by atoms with van der Waals surface area (Å²) in [7, 11) is 0. The van der Waals surface area contributed by atoms with Crippen LogP contribution in [0.3, 0.4) is 0 Å². The first kappa shape index (κ1) is 9.70. The van der Waals surface area contributed by atoms with Gasteiger partial charge in [0.25, 0.3) is 0 Å². The highest BCUT2D eigenvalue weighted by Gasteiger charge is 2.15. The third kappa shape index (κ3) is 3.67. The summed E-state index contributed by atoms with van der Waals surface area (Å²) in [5.74, 6) is 0.